The molecule has 4 heteroatoms. The molecule has 0 aliphatic carbocycles. The molecule has 0 aliphatic rings. The number of hydrogen-bond acceptors (Lipinski definition) is 2. The Hall–Kier alpha value is -1.03. The van der Waals surface area contributed by atoms with Crippen LogP contribution in [0.3, 0.4) is 0 Å². The number of rotatable bonds is 6. The minimum atomic E-state index is -0.580. The fraction of sp³-hybridized carbons (Fsp3) is 0.294. The topological polar surface area (TPSA) is 29.5 Å². The Morgan fingerprint density at radius 2 is 1.90 bits per heavy atom. The molecular formula is C17H18BrClO2. The zero-order valence-corrected chi connectivity index (χ0v) is 14.2. The van der Waals surface area contributed by atoms with Gasteiger partial charge in [-0.05, 0) is 41.8 Å². The second-order valence-electron chi connectivity index (χ2n) is 4.87. The molecule has 112 valence electrons. The number of ether oxygens (including phenoxy) is 1. The molecule has 1 N–H and O–H groups in total. The molecule has 2 aromatic carbocycles. The summed E-state index contributed by atoms with van der Waals surface area (Å²) in [4.78, 5) is 0. The molecule has 0 bridgehead atoms. The molecule has 0 saturated heterocycles. The van der Waals surface area contributed by atoms with Gasteiger partial charge in [-0.3, -0.25) is 0 Å². The van der Waals surface area contributed by atoms with Crippen molar-refractivity contribution in [3.05, 3.63) is 63.1 Å². The van der Waals surface area contributed by atoms with Crippen LogP contribution >= 0.6 is 27.5 Å². The van der Waals surface area contributed by atoms with Crippen LogP contribution in [0.25, 0.3) is 0 Å². The van der Waals surface area contributed by atoms with E-state index in [0.29, 0.717) is 18.1 Å². The molecule has 2 aromatic rings. The van der Waals surface area contributed by atoms with Gasteiger partial charge in [-0.25, -0.2) is 0 Å². The van der Waals surface area contributed by atoms with Gasteiger partial charge in [0, 0.05) is 15.9 Å². The summed E-state index contributed by atoms with van der Waals surface area (Å²) in [7, 11) is 0. The predicted molar refractivity (Wildman–Crippen MR) is 90.0 cm³/mol. The zero-order valence-electron chi connectivity index (χ0n) is 11.9. The number of aliphatic hydroxyl groups is 1. The van der Waals surface area contributed by atoms with Crippen molar-refractivity contribution in [3.63, 3.8) is 0 Å². The summed E-state index contributed by atoms with van der Waals surface area (Å²) in [5.41, 5.74) is 1.79. The summed E-state index contributed by atoms with van der Waals surface area (Å²) in [6.45, 7) is 2.77. The minimum Gasteiger partial charge on any atom is -0.494 e. The van der Waals surface area contributed by atoms with Gasteiger partial charge in [-0.15, -0.1) is 0 Å². The van der Waals surface area contributed by atoms with Gasteiger partial charge in [-0.2, -0.15) is 0 Å². The first-order valence-electron chi connectivity index (χ1n) is 6.95. The standard InChI is InChI=1S/C17H18BrClO2/c1-2-9-21-15-7-4-12(5-8-15)17(20)10-13-3-6-14(18)11-16(13)19/h3-8,11,17,20H,2,9-10H2,1H3. The van der Waals surface area contributed by atoms with Gasteiger partial charge in [0.25, 0.3) is 0 Å². The zero-order chi connectivity index (χ0) is 15.2. The van der Waals surface area contributed by atoms with E-state index in [4.69, 9.17) is 16.3 Å². The molecule has 0 heterocycles. The van der Waals surface area contributed by atoms with Crippen LogP contribution in [0.2, 0.25) is 5.02 Å². The first-order valence-corrected chi connectivity index (χ1v) is 8.12. The largest absolute Gasteiger partial charge is 0.494 e. The quantitative estimate of drug-likeness (QED) is 0.761. The number of aliphatic hydroxyl groups excluding tert-OH is 1. The van der Waals surface area contributed by atoms with Crippen LogP contribution in [0.4, 0.5) is 0 Å². The molecule has 0 aromatic heterocycles. The fourth-order valence-electron chi connectivity index (χ4n) is 2.02. The van der Waals surface area contributed by atoms with E-state index in [9.17, 15) is 5.11 Å². The van der Waals surface area contributed by atoms with Crippen LogP contribution in [-0.4, -0.2) is 11.7 Å². The molecule has 0 saturated carbocycles. The predicted octanol–water partition coefficient (Wildman–Crippen LogP) is 5.17. The lowest BCUT2D eigenvalue weighted by Gasteiger charge is -2.13. The monoisotopic (exact) mass is 368 g/mol. The summed E-state index contributed by atoms with van der Waals surface area (Å²) >= 11 is 9.56. The van der Waals surface area contributed by atoms with Crippen LogP contribution in [0.1, 0.15) is 30.6 Å². The first kappa shape index (κ1) is 16.3. The second-order valence-corrected chi connectivity index (χ2v) is 6.20. The van der Waals surface area contributed by atoms with Gasteiger partial charge in [0.05, 0.1) is 12.7 Å². The second kappa shape index (κ2) is 7.83. The maximum atomic E-state index is 10.3. The van der Waals surface area contributed by atoms with Gasteiger partial charge < -0.3 is 9.84 Å². The highest BCUT2D eigenvalue weighted by atomic mass is 79.9. The average Bonchev–Trinajstić information content (AvgIpc) is 2.48. The molecule has 1 unspecified atom stereocenters. The Bertz CT molecular complexity index is 584. The molecular weight excluding hydrogens is 352 g/mol. The van der Waals surface area contributed by atoms with Gasteiger partial charge in [0.1, 0.15) is 5.75 Å². The number of hydrogen-bond donors (Lipinski definition) is 1. The normalized spacial score (nSPS) is 12.2. The number of halogens is 2. The summed E-state index contributed by atoms with van der Waals surface area (Å²) in [5.74, 6) is 0.828. The Labute approximate surface area is 138 Å². The molecule has 0 aliphatic heterocycles. The van der Waals surface area contributed by atoms with E-state index in [1.54, 1.807) is 0 Å². The van der Waals surface area contributed by atoms with Crippen molar-refractivity contribution in [2.45, 2.75) is 25.9 Å². The van der Waals surface area contributed by atoms with Crippen molar-refractivity contribution in [2.24, 2.45) is 0 Å². The van der Waals surface area contributed by atoms with Crippen LogP contribution in [0, 0.1) is 0 Å². The number of benzene rings is 2. The third-order valence-electron chi connectivity index (χ3n) is 3.17. The van der Waals surface area contributed by atoms with E-state index in [2.05, 4.69) is 22.9 Å². The van der Waals surface area contributed by atoms with E-state index in [0.717, 1.165) is 27.8 Å². The van der Waals surface area contributed by atoms with Crippen LogP contribution in [-0.2, 0) is 6.42 Å². The molecule has 21 heavy (non-hydrogen) atoms. The maximum Gasteiger partial charge on any atom is 0.119 e. The maximum absolute atomic E-state index is 10.3. The lowest BCUT2D eigenvalue weighted by molar-refractivity contribution is 0.178. The van der Waals surface area contributed by atoms with E-state index in [1.807, 2.05) is 42.5 Å². The molecule has 0 amide bonds. The fourth-order valence-corrected chi connectivity index (χ4v) is 2.77. The van der Waals surface area contributed by atoms with Gasteiger partial charge in [-0.1, -0.05) is 52.7 Å². The van der Waals surface area contributed by atoms with Gasteiger partial charge in [0.15, 0.2) is 0 Å². The summed E-state index contributed by atoms with van der Waals surface area (Å²) < 4.78 is 6.47. The highest BCUT2D eigenvalue weighted by Gasteiger charge is 2.11. The molecule has 2 nitrogen and oxygen atoms in total. The van der Waals surface area contributed by atoms with Gasteiger partial charge in [0.2, 0.25) is 0 Å². The lowest BCUT2D eigenvalue weighted by Crippen LogP contribution is -2.03. The van der Waals surface area contributed by atoms with E-state index >= 15 is 0 Å². The third kappa shape index (κ3) is 4.73. The first-order chi connectivity index (χ1) is 10.1. The highest BCUT2D eigenvalue weighted by Crippen LogP contribution is 2.27. The highest BCUT2D eigenvalue weighted by molar-refractivity contribution is 9.10. The molecule has 1 atom stereocenters. The summed E-state index contributed by atoms with van der Waals surface area (Å²) in [5, 5.41) is 11.0. The van der Waals surface area contributed by atoms with E-state index < -0.39 is 6.10 Å². The van der Waals surface area contributed by atoms with Crippen molar-refractivity contribution in [2.75, 3.05) is 6.61 Å². The summed E-state index contributed by atoms with van der Waals surface area (Å²) in [6.07, 6.45) is 0.886. The SMILES string of the molecule is CCCOc1ccc(C(O)Cc2ccc(Br)cc2Cl)cc1. The van der Waals surface area contributed by atoms with E-state index in [1.165, 1.54) is 0 Å². The van der Waals surface area contributed by atoms with Crippen molar-refractivity contribution < 1.29 is 9.84 Å². The van der Waals surface area contributed by atoms with Crippen LogP contribution in [0.5, 0.6) is 5.75 Å². The lowest BCUT2D eigenvalue weighted by atomic mass is 10.0. The molecule has 2 rings (SSSR count). The Morgan fingerprint density at radius 1 is 1.19 bits per heavy atom. The third-order valence-corrected chi connectivity index (χ3v) is 4.01. The molecule has 0 fully saturated rings. The van der Waals surface area contributed by atoms with Gasteiger partial charge >= 0.3 is 0 Å². The smallest absolute Gasteiger partial charge is 0.119 e. The molecule has 0 spiro atoms. The molecule has 0 radical (unpaired) electrons. The van der Waals surface area contributed by atoms with Crippen LogP contribution < -0.4 is 4.74 Å². The van der Waals surface area contributed by atoms with Crippen molar-refractivity contribution in [3.8, 4) is 5.75 Å². The van der Waals surface area contributed by atoms with Crippen molar-refractivity contribution in [1.82, 2.24) is 0 Å². The average molecular weight is 370 g/mol. The van der Waals surface area contributed by atoms with E-state index in [-0.39, 0.29) is 0 Å². The van der Waals surface area contributed by atoms with Crippen molar-refractivity contribution >= 4 is 27.5 Å². The van der Waals surface area contributed by atoms with Crippen LogP contribution in [0.15, 0.2) is 46.9 Å². The van der Waals surface area contributed by atoms with Crippen molar-refractivity contribution in [1.29, 1.82) is 0 Å². The Kier molecular flexibility index (Phi) is 6.09. The Balaban J connectivity index is 2.04. The summed E-state index contributed by atoms with van der Waals surface area (Å²) in [6, 6.07) is 13.2. The Morgan fingerprint density at radius 3 is 2.52 bits per heavy atom. The minimum absolute atomic E-state index is 0.487.